The highest BCUT2D eigenvalue weighted by molar-refractivity contribution is 7.89. The summed E-state index contributed by atoms with van der Waals surface area (Å²) in [7, 11) is -3.61. The molecule has 2 aliphatic heterocycles. The van der Waals surface area contributed by atoms with E-state index in [0.717, 1.165) is 11.1 Å². The van der Waals surface area contributed by atoms with Crippen LogP contribution in [0.15, 0.2) is 83.8 Å². The second-order valence-electron chi connectivity index (χ2n) is 8.54. The van der Waals surface area contributed by atoms with Gasteiger partial charge in [0.05, 0.1) is 10.3 Å². The molecular weight excluding hydrogens is 452 g/mol. The number of rotatable bonds is 6. The Balaban J connectivity index is 1.35. The van der Waals surface area contributed by atoms with E-state index in [1.54, 1.807) is 30.3 Å². The molecule has 0 atom stereocenters. The Kier molecular flexibility index (Phi) is 6.02. The van der Waals surface area contributed by atoms with Gasteiger partial charge in [0.2, 0.25) is 22.7 Å². The van der Waals surface area contributed by atoms with Crippen LogP contribution < -0.4 is 14.8 Å². The van der Waals surface area contributed by atoms with Gasteiger partial charge in [-0.1, -0.05) is 54.6 Å². The van der Waals surface area contributed by atoms with Crippen LogP contribution >= 0.6 is 0 Å². The average molecular weight is 479 g/mol. The number of carbonyl (C=O) groups is 1. The van der Waals surface area contributed by atoms with Crippen molar-refractivity contribution in [2.45, 2.75) is 29.7 Å². The third-order valence-electron chi connectivity index (χ3n) is 6.61. The minimum Gasteiger partial charge on any atom is -0.454 e. The van der Waals surface area contributed by atoms with Gasteiger partial charge in [-0.05, 0) is 48.2 Å². The molecule has 0 radical (unpaired) electrons. The van der Waals surface area contributed by atoms with E-state index in [0.29, 0.717) is 30.9 Å². The number of piperidine rings is 1. The van der Waals surface area contributed by atoms with Gasteiger partial charge in [-0.3, -0.25) is 4.79 Å². The van der Waals surface area contributed by atoms with Crippen LogP contribution in [-0.4, -0.2) is 38.5 Å². The van der Waals surface area contributed by atoms with Crippen molar-refractivity contribution >= 4 is 15.9 Å². The zero-order valence-corrected chi connectivity index (χ0v) is 19.5. The molecule has 34 heavy (non-hydrogen) atoms. The first kappa shape index (κ1) is 22.4. The molecule has 1 N–H and O–H groups in total. The van der Waals surface area contributed by atoms with E-state index in [2.05, 4.69) is 5.32 Å². The van der Waals surface area contributed by atoms with Crippen molar-refractivity contribution in [3.05, 3.63) is 90.0 Å². The van der Waals surface area contributed by atoms with Gasteiger partial charge in [-0.2, -0.15) is 4.31 Å². The molecule has 0 saturated carbocycles. The summed E-state index contributed by atoms with van der Waals surface area (Å²) in [5.74, 6) is 1.26. The van der Waals surface area contributed by atoms with E-state index < -0.39 is 15.4 Å². The number of amides is 1. The van der Waals surface area contributed by atoms with Gasteiger partial charge < -0.3 is 14.8 Å². The standard InChI is InChI=1S/C26H26N2O5S/c29-25(27-18-20-11-12-23-24(17-20)33-19-32-23)26(21-7-3-1-4-8-21)13-15-28(16-14-26)34(30,31)22-9-5-2-6-10-22/h1-12,17H,13-16,18-19H2,(H,27,29). The molecule has 1 saturated heterocycles. The third-order valence-corrected chi connectivity index (χ3v) is 8.52. The summed E-state index contributed by atoms with van der Waals surface area (Å²) in [4.78, 5) is 13.9. The molecule has 0 aromatic heterocycles. The molecule has 2 heterocycles. The minimum absolute atomic E-state index is 0.104. The molecule has 5 rings (SSSR count). The van der Waals surface area contributed by atoms with Crippen molar-refractivity contribution in [2.75, 3.05) is 19.9 Å². The molecule has 176 valence electrons. The molecule has 0 spiro atoms. The van der Waals surface area contributed by atoms with Crippen LogP contribution in [0.25, 0.3) is 0 Å². The van der Waals surface area contributed by atoms with Gasteiger partial charge in [0.25, 0.3) is 0 Å². The summed E-state index contributed by atoms with van der Waals surface area (Å²) < 4.78 is 38.5. The summed E-state index contributed by atoms with van der Waals surface area (Å²) in [5, 5.41) is 3.08. The first-order valence-corrected chi connectivity index (χ1v) is 12.7. The number of nitrogens with zero attached hydrogens (tertiary/aromatic N) is 1. The van der Waals surface area contributed by atoms with E-state index in [1.165, 1.54) is 4.31 Å². The third kappa shape index (κ3) is 4.15. The lowest BCUT2D eigenvalue weighted by atomic mass is 9.72. The van der Waals surface area contributed by atoms with Gasteiger partial charge in [-0.25, -0.2) is 8.42 Å². The van der Waals surface area contributed by atoms with Gasteiger partial charge in [-0.15, -0.1) is 0 Å². The smallest absolute Gasteiger partial charge is 0.243 e. The molecule has 0 unspecified atom stereocenters. The summed E-state index contributed by atoms with van der Waals surface area (Å²) in [6, 6.07) is 23.7. The van der Waals surface area contributed by atoms with E-state index in [4.69, 9.17) is 9.47 Å². The van der Waals surface area contributed by atoms with Crippen LogP contribution in [0.4, 0.5) is 0 Å². The quantitative estimate of drug-likeness (QED) is 0.587. The lowest BCUT2D eigenvalue weighted by Gasteiger charge is -2.40. The molecule has 8 heteroatoms. The second-order valence-corrected chi connectivity index (χ2v) is 10.5. The number of carbonyl (C=O) groups excluding carboxylic acids is 1. The van der Waals surface area contributed by atoms with E-state index in [-0.39, 0.29) is 30.7 Å². The normalized spacial score (nSPS) is 17.3. The molecule has 1 amide bonds. The zero-order chi connectivity index (χ0) is 23.6. The summed E-state index contributed by atoms with van der Waals surface area (Å²) >= 11 is 0. The highest BCUT2D eigenvalue weighted by Gasteiger charge is 2.45. The maximum Gasteiger partial charge on any atom is 0.243 e. The second kappa shape index (κ2) is 9.12. The van der Waals surface area contributed by atoms with Crippen LogP contribution in [0.3, 0.4) is 0 Å². The summed E-state index contributed by atoms with van der Waals surface area (Å²) in [6.07, 6.45) is 0.798. The highest BCUT2D eigenvalue weighted by Crippen LogP contribution is 2.38. The Morgan fingerprint density at radius 1 is 0.882 bits per heavy atom. The molecule has 2 aliphatic rings. The van der Waals surface area contributed by atoms with Crippen LogP contribution in [0.5, 0.6) is 11.5 Å². The van der Waals surface area contributed by atoms with Gasteiger partial charge in [0.15, 0.2) is 11.5 Å². The van der Waals surface area contributed by atoms with E-state index in [9.17, 15) is 13.2 Å². The van der Waals surface area contributed by atoms with Crippen LogP contribution in [-0.2, 0) is 26.8 Å². The first-order valence-electron chi connectivity index (χ1n) is 11.3. The summed E-state index contributed by atoms with van der Waals surface area (Å²) in [6.45, 7) is 1.08. The highest BCUT2D eigenvalue weighted by atomic mass is 32.2. The number of ether oxygens (including phenoxy) is 2. The maximum atomic E-state index is 13.6. The molecule has 3 aromatic rings. The topological polar surface area (TPSA) is 84.9 Å². The number of fused-ring (bicyclic) bond motifs is 1. The monoisotopic (exact) mass is 478 g/mol. The van der Waals surface area contributed by atoms with Crippen molar-refractivity contribution in [1.29, 1.82) is 0 Å². The first-order chi connectivity index (χ1) is 16.5. The van der Waals surface area contributed by atoms with Gasteiger partial charge >= 0.3 is 0 Å². The number of benzene rings is 3. The van der Waals surface area contributed by atoms with E-state index in [1.807, 2.05) is 48.5 Å². The number of nitrogens with one attached hydrogen (secondary N) is 1. The Labute approximate surface area is 199 Å². The number of hydrogen-bond donors (Lipinski definition) is 1. The number of sulfonamides is 1. The maximum absolute atomic E-state index is 13.6. The fourth-order valence-electron chi connectivity index (χ4n) is 4.66. The van der Waals surface area contributed by atoms with E-state index >= 15 is 0 Å². The van der Waals surface area contributed by atoms with Crippen molar-refractivity contribution in [3.63, 3.8) is 0 Å². The molecule has 1 fully saturated rings. The molecule has 7 nitrogen and oxygen atoms in total. The molecule has 3 aromatic carbocycles. The minimum atomic E-state index is -3.61. The van der Waals surface area contributed by atoms with Crippen LogP contribution in [0, 0.1) is 0 Å². The molecule has 0 bridgehead atoms. The van der Waals surface area contributed by atoms with Crippen molar-refractivity contribution in [1.82, 2.24) is 9.62 Å². The Hall–Kier alpha value is -3.36. The van der Waals surface area contributed by atoms with Gasteiger partial charge in [0, 0.05) is 19.6 Å². The van der Waals surface area contributed by atoms with Gasteiger partial charge in [0.1, 0.15) is 0 Å². The van der Waals surface area contributed by atoms with Crippen molar-refractivity contribution in [2.24, 2.45) is 0 Å². The SMILES string of the molecule is O=C(NCc1ccc2c(c1)OCO2)C1(c2ccccc2)CCN(S(=O)(=O)c2ccccc2)CC1. The Bertz CT molecular complexity index is 1270. The fourth-order valence-corrected chi connectivity index (χ4v) is 6.12. The largest absolute Gasteiger partial charge is 0.454 e. The van der Waals surface area contributed by atoms with Crippen molar-refractivity contribution < 1.29 is 22.7 Å². The predicted molar refractivity (Wildman–Crippen MR) is 127 cm³/mol. The zero-order valence-electron chi connectivity index (χ0n) is 18.6. The Morgan fingerprint density at radius 3 is 2.24 bits per heavy atom. The molecular formula is C26H26N2O5S. The molecule has 0 aliphatic carbocycles. The lowest BCUT2D eigenvalue weighted by Crippen LogP contribution is -2.52. The average Bonchev–Trinajstić information content (AvgIpc) is 3.36. The summed E-state index contributed by atoms with van der Waals surface area (Å²) in [5.41, 5.74) is 1.00. The van der Waals surface area contributed by atoms with Crippen molar-refractivity contribution in [3.8, 4) is 11.5 Å². The lowest BCUT2D eigenvalue weighted by molar-refractivity contribution is -0.128. The fraction of sp³-hybridized carbons (Fsp3) is 0.269. The Morgan fingerprint density at radius 2 is 1.53 bits per heavy atom. The predicted octanol–water partition coefficient (Wildman–Crippen LogP) is 3.45. The van der Waals surface area contributed by atoms with Crippen LogP contribution in [0.1, 0.15) is 24.0 Å². The van der Waals surface area contributed by atoms with Crippen LogP contribution in [0.2, 0.25) is 0 Å². The number of hydrogen-bond acceptors (Lipinski definition) is 5.